The molecule has 0 bridgehead atoms. The Morgan fingerprint density at radius 2 is 1.84 bits per heavy atom. The van der Waals surface area contributed by atoms with Gasteiger partial charge in [0.2, 0.25) is 0 Å². The van der Waals surface area contributed by atoms with Crippen molar-refractivity contribution in [2.45, 2.75) is 25.7 Å². The van der Waals surface area contributed by atoms with E-state index < -0.39 is 0 Å². The van der Waals surface area contributed by atoms with Crippen molar-refractivity contribution in [3.8, 4) is 12.3 Å². The lowest BCUT2D eigenvalue weighted by atomic mass is 10.1. The van der Waals surface area contributed by atoms with Crippen LogP contribution in [0.25, 0.3) is 0 Å². The normalized spacial score (nSPS) is 10.6. The van der Waals surface area contributed by atoms with Gasteiger partial charge in [0.15, 0.2) is 0 Å². The molecule has 2 nitrogen and oxygen atoms in total. The van der Waals surface area contributed by atoms with Gasteiger partial charge < -0.3 is 10.2 Å². The van der Waals surface area contributed by atoms with Gasteiger partial charge in [-0.15, -0.1) is 6.42 Å². The van der Waals surface area contributed by atoms with Gasteiger partial charge in [-0.2, -0.15) is 0 Å². The molecule has 0 amide bonds. The lowest BCUT2D eigenvalue weighted by Crippen LogP contribution is -2.31. The number of hydrogen-bond donors (Lipinski definition) is 1. The Morgan fingerprint density at radius 3 is 2.44 bits per heavy atom. The van der Waals surface area contributed by atoms with E-state index in [1.165, 1.54) is 24.1 Å². The van der Waals surface area contributed by atoms with Crippen LogP contribution in [0.5, 0.6) is 0 Å². The lowest BCUT2D eigenvalue weighted by Gasteiger charge is -2.25. The van der Waals surface area contributed by atoms with E-state index in [2.05, 4.69) is 48.0 Å². The van der Waals surface area contributed by atoms with E-state index in [9.17, 15) is 0 Å². The summed E-state index contributed by atoms with van der Waals surface area (Å²) >= 11 is 0. The van der Waals surface area contributed by atoms with Gasteiger partial charge in [0.05, 0.1) is 0 Å². The number of benzene rings is 1. The van der Waals surface area contributed by atoms with Crippen molar-refractivity contribution in [3.05, 3.63) is 79.6 Å². The minimum atomic E-state index is 0.878. The summed E-state index contributed by atoms with van der Waals surface area (Å²) in [7, 11) is 0. The van der Waals surface area contributed by atoms with E-state index in [1.807, 2.05) is 30.4 Å². The monoisotopic (exact) mass is 334 g/mol. The number of hydrogen-bond acceptors (Lipinski definition) is 2. The van der Waals surface area contributed by atoms with Crippen LogP contribution in [0.2, 0.25) is 0 Å². The fourth-order valence-electron chi connectivity index (χ4n) is 2.65. The average molecular weight is 335 g/mol. The minimum absolute atomic E-state index is 0.878. The van der Waals surface area contributed by atoms with Crippen LogP contribution in [-0.4, -0.2) is 19.6 Å². The summed E-state index contributed by atoms with van der Waals surface area (Å²) in [5.74, 6) is 2.67. The first-order valence-corrected chi connectivity index (χ1v) is 8.85. The lowest BCUT2D eigenvalue weighted by molar-refractivity contribution is 0.644. The molecule has 0 saturated carbocycles. The van der Waals surface area contributed by atoms with Gasteiger partial charge in [0.1, 0.15) is 0 Å². The summed E-state index contributed by atoms with van der Waals surface area (Å²) < 4.78 is 0. The van der Waals surface area contributed by atoms with E-state index in [0.29, 0.717) is 0 Å². The van der Waals surface area contributed by atoms with Crippen molar-refractivity contribution in [2.75, 3.05) is 24.5 Å². The van der Waals surface area contributed by atoms with E-state index >= 15 is 0 Å². The summed E-state index contributed by atoms with van der Waals surface area (Å²) in [4.78, 5) is 2.39. The van der Waals surface area contributed by atoms with Crippen LogP contribution in [0, 0.1) is 12.3 Å². The second kappa shape index (κ2) is 12.7. The standard InChI is InChI=1S/C23H30N2/c1-5-12-21(6-2)13-10-9-11-19-25(20-18-24-8-4)23-16-14-22(7-3)15-17-23/h3,5-6,8,12,14-17,24H,1-2,4,9-11,13,18-20H2/b21-12+. The Balaban J connectivity index is 2.51. The first-order chi connectivity index (χ1) is 12.2. The molecule has 132 valence electrons. The molecule has 1 aromatic carbocycles. The first kappa shape index (κ1) is 20.4. The fourth-order valence-corrected chi connectivity index (χ4v) is 2.65. The molecule has 0 spiro atoms. The van der Waals surface area contributed by atoms with Crippen molar-refractivity contribution in [1.82, 2.24) is 5.32 Å². The van der Waals surface area contributed by atoms with Crippen LogP contribution in [0.3, 0.4) is 0 Å². The van der Waals surface area contributed by atoms with Crippen LogP contribution in [0.15, 0.2) is 74.0 Å². The molecule has 0 saturated heterocycles. The van der Waals surface area contributed by atoms with Crippen molar-refractivity contribution in [2.24, 2.45) is 0 Å². The second-order valence-electron chi connectivity index (χ2n) is 5.83. The van der Waals surface area contributed by atoms with Crippen molar-refractivity contribution in [1.29, 1.82) is 0 Å². The summed E-state index contributed by atoms with van der Waals surface area (Å²) in [5.41, 5.74) is 3.38. The Bertz CT molecular complexity index is 602. The molecule has 0 radical (unpaired) electrons. The Morgan fingerprint density at radius 1 is 1.08 bits per heavy atom. The number of terminal acetylenes is 1. The number of nitrogens with zero attached hydrogens (tertiary/aromatic N) is 1. The Kier molecular flexibility index (Phi) is 10.4. The molecule has 0 unspecified atom stereocenters. The van der Waals surface area contributed by atoms with Crippen LogP contribution in [0.1, 0.15) is 31.2 Å². The quantitative estimate of drug-likeness (QED) is 0.308. The van der Waals surface area contributed by atoms with Crippen molar-refractivity contribution in [3.63, 3.8) is 0 Å². The van der Waals surface area contributed by atoms with E-state index in [1.54, 1.807) is 6.20 Å². The topological polar surface area (TPSA) is 15.3 Å². The first-order valence-electron chi connectivity index (χ1n) is 8.85. The van der Waals surface area contributed by atoms with Crippen LogP contribution < -0.4 is 10.2 Å². The van der Waals surface area contributed by atoms with Gasteiger partial charge in [-0.3, -0.25) is 0 Å². The summed E-state index contributed by atoms with van der Waals surface area (Å²) in [6.45, 7) is 14.1. The SMILES string of the molecule is C#Cc1ccc(N(CCCCC/C(C=C)=C/C=C)CCNC=C)cc1. The Labute approximate surface area is 153 Å². The largest absolute Gasteiger partial charge is 0.390 e. The molecule has 0 fully saturated rings. The molecule has 1 aromatic rings. The molecule has 0 heterocycles. The maximum absolute atomic E-state index is 5.44. The predicted molar refractivity (Wildman–Crippen MR) is 112 cm³/mol. The predicted octanol–water partition coefficient (Wildman–Crippen LogP) is 5.07. The van der Waals surface area contributed by atoms with Gasteiger partial charge in [0, 0.05) is 30.9 Å². The molecule has 1 rings (SSSR count). The highest BCUT2D eigenvalue weighted by molar-refractivity contribution is 5.50. The molecule has 2 heteroatoms. The average Bonchev–Trinajstić information content (AvgIpc) is 2.65. The van der Waals surface area contributed by atoms with Gasteiger partial charge in [0.25, 0.3) is 0 Å². The molecular formula is C23H30N2. The number of anilines is 1. The highest BCUT2D eigenvalue weighted by Crippen LogP contribution is 2.17. The highest BCUT2D eigenvalue weighted by Gasteiger charge is 2.06. The minimum Gasteiger partial charge on any atom is -0.390 e. The maximum atomic E-state index is 5.44. The summed E-state index contributed by atoms with van der Waals surface area (Å²) in [6.07, 6.45) is 17.5. The van der Waals surface area contributed by atoms with E-state index in [4.69, 9.17) is 6.42 Å². The van der Waals surface area contributed by atoms with Crippen molar-refractivity contribution < 1.29 is 0 Å². The molecule has 0 aliphatic rings. The van der Waals surface area contributed by atoms with Gasteiger partial charge in [-0.25, -0.2) is 0 Å². The fraction of sp³-hybridized carbons (Fsp3) is 0.304. The van der Waals surface area contributed by atoms with E-state index in [-0.39, 0.29) is 0 Å². The number of unbranched alkanes of at least 4 members (excludes halogenated alkanes) is 2. The number of nitrogens with one attached hydrogen (secondary N) is 1. The van der Waals surface area contributed by atoms with Crippen LogP contribution in [0.4, 0.5) is 5.69 Å². The summed E-state index contributed by atoms with van der Waals surface area (Å²) in [6, 6.07) is 8.21. The Hall–Kier alpha value is -2.66. The smallest absolute Gasteiger partial charge is 0.0367 e. The molecule has 25 heavy (non-hydrogen) atoms. The summed E-state index contributed by atoms with van der Waals surface area (Å²) in [5, 5.41) is 3.17. The number of rotatable bonds is 13. The van der Waals surface area contributed by atoms with Crippen LogP contribution in [-0.2, 0) is 0 Å². The third kappa shape index (κ3) is 8.13. The van der Waals surface area contributed by atoms with Crippen molar-refractivity contribution >= 4 is 5.69 Å². The van der Waals surface area contributed by atoms with Crippen LogP contribution >= 0.6 is 0 Å². The zero-order valence-electron chi connectivity index (χ0n) is 15.2. The zero-order chi connectivity index (χ0) is 18.3. The van der Waals surface area contributed by atoms with Gasteiger partial charge in [-0.05, 0) is 55.3 Å². The third-order valence-electron chi connectivity index (χ3n) is 4.06. The molecule has 0 atom stereocenters. The molecule has 1 N–H and O–H groups in total. The van der Waals surface area contributed by atoms with E-state index in [0.717, 1.165) is 38.0 Å². The number of allylic oxidation sites excluding steroid dienone is 4. The highest BCUT2D eigenvalue weighted by atomic mass is 15.1. The van der Waals surface area contributed by atoms with Gasteiger partial charge in [-0.1, -0.05) is 50.3 Å². The maximum Gasteiger partial charge on any atom is 0.0367 e. The molecule has 0 aromatic heterocycles. The third-order valence-corrected chi connectivity index (χ3v) is 4.06. The van der Waals surface area contributed by atoms with Gasteiger partial charge >= 0.3 is 0 Å². The molecule has 0 aliphatic heterocycles. The molecular weight excluding hydrogens is 304 g/mol. The second-order valence-corrected chi connectivity index (χ2v) is 5.83. The molecule has 0 aliphatic carbocycles. The zero-order valence-corrected chi connectivity index (χ0v) is 15.2.